The Labute approximate surface area is 138 Å². The number of halogens is 2. The highest BCUT2D eigenvalue weighted by Gasteiger charge is 2.13. The van der Waals surface area contributed by atoms with Gasteiger partial charge in [-0.2, -0.15) is 0 Å². The highest BCUT2D eigenvalue weighted by atomic mass is 79.9. The summed E-state index contributed by atoms with van der Waals surface area (Å²) < 4.78 is 2.32. The monoisotopic (exact) mass is 395 g/mol. The molecule has 0 saturated carbocycles. The molecule has 0 amide bonds. The van der Waals surface area contributed by atoms with Gasteiger partial charge in [-0.25, -0.2) is 0 Å². The Morgan fingerprint density at radius 1 is 1.00 bits per heavy atom. The SMILES string of the molecule is CCNCC(Cc1ccccc1Br)c1ccc(Br)cc1. The molecule has 2 rings (SSSR count). The summed E-state index contributed by atoms with van der Waals surface area (Å²) in [7, 11) is 0. The van der Waals surface area contributed by atoms with Crippen LogP contribution < -0.4 is 5.32 Å². The lowest BCUT2D eigenvalue weighted by Crippen LogP contribution is -2.22. The van der Waals surface area contributed by atoms with Gasteiger partial charge in [-0.1, -0.05) is 69.1 Å². The van der Waals surface area contributed by atoms with Gasteiger partial charge in [0.15, 0.2) is 0 Å². The fraction of sp³-hybridized carbons (Fsp3) is 0.294. The van der Waals surface area contributed by atoms with Crippen LogP contribution in [0.2, 0.25) is 0 Å². The smallest absolute Gasteiger partial charge is 0.0207 e. The van der Waals surface area contributed by atoms with Crippen molar-refractivity contribution in [2.24, 2.45) is 0 Å². The first-order chi connectivity index (χ1) is 9.70. The van der Waals surface area contributed by atoms with Crippen molar-refractivity contribution in [3.8, 4) is 0 Å². The molecule has 0 aliphatic heterocycles. The molecule has 1 unspecified atom stereocenters. The van der Waals surface area contributed by atoms with E-state index in [0.29, 0.717) is 5.92 Å². The fourth-order valence-electron chi connectivity index (χ4n) is 2.29. The normalized spacial score (nSPS) is 12.3. The number of likely N-dealkylation sites (N-methyl/N-ethyl adjacent to an activating group) is 1. The molecule has 1 atom stereocenters. The van der Waals surface area contributed by atoms with Gasteiger partial charge in [-0.15, -0.1) is 0 Å². The Bertz CT molecular complexity index is 537. The minimum absolute atomic E-state index is 0.488. The molecule has 2 aromatic carbocycles. The zero-order valence-electron chi connectivity index (χ0n) is 11.6. The predicted octanol–water partition coefficient (Wildman–Crippen LogP) is 5.15. The zero-order valence-corrected chi connectivity index (χ0v) is 14.7. The lowest BCUT2D eigenvalue weighted by atomic mass is 9.92. The Kier molecular flexibility index (Phi) is 6.27. The van der Waals surface area contributed by atoms with E-state index >= 15 is 0 Å². The first-order valence-corrected chi connectivity index (χ1v) is 8.49. The summed E-state index contributed by atoms with van der Waals surface area (Å²) >= 11 is 7.15. The Morgan fingerprint density at radius 3 is 2.35 bits per heavy atom. The van der Waals surface area contributed by atoms with Crippen LogP contribution in [0.5, 0.6) is 0 Å². The van der Waals surface area contributed by atoms with Crippen molar-refractivity contribution in [3.05, 3.63) is 68.6 Å². The molecule has 0 bridgehead atoms. The van der Waals surface area contributed by atoms with E-state index in [0.717, 1.165) is 24.0 Å². The van der Waals surface area contributed by atoms with Gasteiger partial charge < -0.3 is 5.32 Å². The van der Waals surface area contributed by atoms with Crippen molar-refractivity contribution in [1.82, 2.24) is 5.32 Å². The van der Waals surface area contributed by atoms with Crippen LogP contribution >= 0.6 is 31.9 Å². The number of nitrogens with one attached hydrogen (secondary N) is 1. The molecule has 1 nitrogen and oxygen atoms in total. The van der Waals surface area contributed by atoms with Gasteiger partial charge in [-0.05, 0) is 42.3 Å². The summed E-state index contributed by atoms with van der Waals surface area (Å²) in [6, 6.07) is 17.1. The van der Waals surface area contributed by atoms with Crippen molar-refractivity contribution < 1.29 is 0 Å². The summed E-state index contributed by atoms with van der Waals surface area (Å²) in [5, 5.41) is 3.47. The summed E-state index contributed by atoms with van der Waals surface area (Å²) in [6.07, 6.45) is 1.04. The third-order valence-corrected chi connectivity index (χ3v) is 4.71. The van der Waals surface area contributed by atoms with E-state index in [2.05, 4.69) is 92.6 Å². The second-order valence-electron chi connectivity index (χ2n) is 4.85. The molecule has 3 heteroatoms. The van der Waals surface area contributed by atoms with E-state index in [1.807, 2.05) is 0 Å². The van der Waals surface area contributed by atoms with Gasteiger partial charge in [-0.3, -0.25) is 0 Å². The zero-order chi connectivity index (χ0) is 14.4. The van der Waals surface area contributed by atoms with Crippen molar-refractivity contribution in [2.45, 2.75) is 19.3 Å². The van der Waals surface area contributed by atoms with Gasteiger partial charge in [0.05, 0.1) is 0 Å². The van der Waals surface area contributed by atoms with Crippen LogP contribution in [0.1, 0.15) is 24.0 Å². The Morgan fingerprint density at radius 2 is 1.70 bits per heavy atom. The van der Waals surface area contributed by atoms with E-state index in [1.165, 1.54) is 15.6 Å². The molecule has 0 heterocycles. The summed E-state index contributed by atoms with van der Waals surface area (Å²) in [5.41, 5.74) is 2.74. The number of benzene rings is 2. The molecule has 0 radical (unpaired) electrons. The van der Waals surface area contributed by atoms with Gasteiger partial charge in [0, 0.05) is 21.4 Å². The molecular formula is C17H19Br2N. The third kappa shape index (κ3) is 4.44. The molecule has 2 aromatic rings. The van der Waals surface area contributed by atoms with Crippen molar-refractivity contribution in [2.75, 3.05) is 13.1 Å². The Balaban J connectivity index is 2.19. The molecule has 0 aromatic heterocycles. The molecule has 0 aliphatic rings. The lowest BCUT2D eigenvalue weighted by molar-refractivity contribution is 0.594. The van der Waals surface area contributed by atoms with Crippen LogP contribution in [0.4, 0.5) is 0 Å². The van der Waals surface area contributed by atoms with E-state index < -0.39 is 0 Å². The average Bonchev–Trinajstić information content (AvgIpc) is 2.46. The topological polar surface area (TPSA) is 12.0 Å². The first-order valence-electron chi connectivity index (χ1n) is 6.90. The number of hydrogen-bond donors (Lipinski definition) is 1. The highest BCUT2D eigenvalue weighted by molar-refractivity contribution is 9.10. The third-order valence-electron chi connectivity index (χ3n) is 3.41. The maximum Gasteiger partial charge on any atom is 0.0207 e. The van der Waals surface area contributed by atoms with Crippen molar-refractivity contribution in [1.29, 1.82) is 0 Å². The molecule has 0 aliphatic carbocycles. The van der Waals surface area contributed by atoms with Gasteiger partial charge >= 0.3 is 0 Å². The second kappa shape index (κ2) is 7.96. The van der Waals surface area contributed by atoms with Crippen LogP contribution in [0.25, 0.3) is 0 Å². The van der Waals surface area contributed by atoms with E-state index in [-0.39, 0.29) is 0 Å². The molecule has 20 heavy (non-hydrogen) atoms. The molecule has 0 fully saturated rings. The van der Waals surface area contributed by atoms with Gasteiger partial charge in [0.25, 0.3) is 0 Å². The molecule has 0 saturated heterocycles. The lowest BCUT2D eigenvalue weighted by Gasteiger charge is -2.19. The molecular weight excluding hydrogens is 378 g/mol. The minimum Gasteiger partial charge on any atom is -0.316 e. The van der Waals surface area contributed by atoms with Crippen molar-refractivity contribution >= 4 is 31.9 Å². The van der Waals surface area contributed by atoms with Crippen LogP contribution in [-0.2, 0) is 6.42 Å². The maximum atomic E-state index is 3.65. The predicted molar refractivity (Wildman–Crippen MR) is 93.3 cm³/mol. The number of rotatable bonds is 6. The summed E-state index contributed by atoms with van der Waals surface area (Å²) in [5.74, 6) is 0.488. The summed E-state index contributed by atoms with van der Waals surface area (Å²) in [6.45, 7) is 4.15. The van der Waals surface area contributed by atoms with Crippen LogP contribution in [0.3, 0.4) is 0 Å². The molecule has 0 spiro atoms. The average molecular weight is 397 g/mol. The fourth-order valence-corrected chi connectivity index (χ4v) is 3.00. The van der Waals surface area contributed by atoms with Gasteiger partial charge in [0.1, 0.15) is 0 Å². The first kappa shape index (κ1) is 15.7. The van der Waals surface area contributed by atoms with Gasteiger partial charge in [0.2, 0.25) is 0 Å². The highest BCUT2D eigenvalue weighted by Crippen LogP contribution is 2.26. The largest absolute Gasteiger partial charge is 0.316 e. The molecule has 106 valence electrons. The maximum absolute atomic E-state index is 3.65. The number of hydrogen-bond acceptors (Lipinski definition) is 1. The molecule has 1 N–H and O–H groups in total. The van der Waals surface area contributed by atoms with E-state index in [9.17, 15) is 0 Å². The minimum atomic E-state index is 0.488. The Hall–Kier alpha value is -0.640. The van der Waals surface area contributed by atoms with Crippen LogP contribution in [0.15, 0.2) is 57.5 Å². The standard InChI is InChI=1S/C17H19Br2N/c1-2-20-12-15(13-7-9-16(18)10-8-13)11-14-5-3-4-6-17(14)19/h3-10,15,20H,2,11-12H2,1H3. The van der Waals surface area contributed by atoms with Crippen molar-refractivity contribution in [3.63, 3.8) is 0 Å². The van der Waals surface area contributed by atoms with Crippen LogP contribution in [-0.4, -0.2) is 13.1 Å². The van der Waals surface area contributed by atoms with E-state index in [4.69, 9.17) is 0 Å². The van der Waals surface area contributed by atoms with Crippen LogP contribution in [0, 0.1) is 0 Å². The van der Waals surface area contributed by atoms with E-state index in [1.54, 1.807) is 0 Å². The summed E-state index contributed by atoms with van der Waals surface area (Å²) in [4.78, 5) is 0. The second-order valence-corrected chi connectivity index (χ2v) is 6.62. The quantitative estimate of drug-likeness (QED) is 0.711.